The predicted molar refractivity (Wildman–Crippen MR) is 52.2 cm³/mol. The predicted octanol–water partition coefficient (Wildman–Crippen LogP) is 2.11. The summed E-state index contributed by atoms with van der Waals surface area (Å²) in [5.74, 6) is -0.373. The van der Waals surface area contributed by atoms with Crippen LogP contribution in [0.3, 0.4) is 0 Å². The minimum Gasteiger partial charge on any atom is -0.480 e. The second-order valence-corrected chi connectivity index (χ2v) is 3.64. The molecule has 0 bridgehead atoms. The first kappa shape index (κ1) is 10.2. The molecule has 1 rings (SSSR count). The maximum absolute atomic E-state index is 10.6. The largest absolute Gasteiger partial charge is 0.480 e. The highest BCUT2D eigenvalue weighted by Crippen LogP contribution is 2.21. The van der Waals surface area contributed by atoms with E-state index in [0.717, 1.165) is 6.42 Å². The van der Waals surface area contributed by atoms with Crippen LogP contribution in [0.5, 0.6) is 0 Å². The Labute approximate surface area is 78.9 Å². The van der Waals surface area contributed by atoms with Crippen LogP contribution in [0.15, 0.2) is 4.99 Å². The molecular weight excluding hydrogens is 166 g/mol. The van der Waals surface area contributed by atoms with Crippen LogP contribution in [0.25, 0.3) is 0 Å². The molecule has 1 aliphatic rings. The fraction of sp³-hybridized carbons (Fsp3) is 0.800. The zero-order valence-corrected chi connectivity index (χ0v) is 8.07. The van der Waals surface area contributed by atoms with Crippen LogP contribution in [0, 0.1) is 5.92 Å². The second kappa shape index (κ2) is 5.00. The standard InChI is InChI=1S/C10H17NO2/c1-2-3-4-5-8-6-9(10(12)13)11-7-8/h7-9H,2-6H2,1H3,(H,12,13). The number of hydrogen-bond donors (Lipinski definition) is 1. The highest BCUT2D eigenvalue weighted by molar-refractivity contribution is 5.79. The van der Waals surface area contributed by atoms with E-state index in [1.54, 1.807) is 0 Å². The van der Waals surface area contributed by atoms with E-state index in [9.17, 15) is 4.79 Å². The highest BCUT2D eigenvalue weighted by Gasteiger charge is 2.25. The van der Waals surface area contributed by atoms with E-state index in [1.807, 2.05) is 6.21 Å². The Balaban J connectivity index is 2.19. The molecule has 0 fully saturated rings. The zero-order chi connectivity index (χ0) is 9.68. The van der Waals surface area contributed by atoms with E-state index in [1.165, 1.54) is 19.3 Å². The van der Waals surface area contributed by atoms with Crippen molar-refractivity contribution in [3.63, 3.8) is 0 Å². The summed E-state index contributed by atoms with van der Waals surface area (Å²) < 4.78 is 0. The van der Waals surface area contributed by atoms with Gasteiger partial charge in [-0.2, -0.15) is 0 Å². The first-order valence-electron chi connectivity index (χ1n) is 5.00. The molecule has 0 saturated carbocycles. The van der Waals surface area contributed by atoms with Crippen molar-refractivity contribution >= 4 is 12.2 Å². The summed E-state index contributed by atoms with van der Waals surface area (Å²) in [6.07, 6.45) is 7.28. The lowest BCUT2D eigenvalue weighted by Crippen LogP contribution is -2.16. The average Bonchev–Trinajstić information content (AvgIpc) is 2.53. The number of aliphatic imine (C=N–C) groups is 1. The summed E-state index contributed by atoms with van der Waals surface area (Å²) in [4.78, 5) is 14.5. The Morgan fingerprint density at radius 1 is 1.62 bits per heavy atom. The SMILES string of the molecule is CCCCCC1C=NC(C(=O)O)C1. The fourth-order valence-electron chi connectivity index (χ4n) is 1.65. The topological polar surface area (TPSA) is 49.7 Å². The summed E-state index contributed by atoms with van der Waals surface area (Å²) in [5.41, 5.74) is 0. The quantitative estimate of drug-likeness (QED) is 0.663. The third-order valence-electron chi connectivity index (χ3n) is 2.47. The van der Waals surface area contributed by atoms with Crippen LogP contribution in [-0.4, -0.2) is 23.3 Å². The van der Waals surface area contributed by atoms with E-state index in [-0.39, 0.29) is 0 Å². The van der Waals surface area contributed by atoms with E-state index in [4.69, 9.17) is 5.11 Å². The van der Waals surface area contributed by atoms with Crippen LogP contribution >= 0.6 is 0 Å². The third-order valence-corrected chi connectivity index (χ3v) is 2.47. The number of nitrogens with zero attached hydrogens (tertiary/aromatic N) is 1. The zero-order valence-electron chi connectivity index (χ0n) is 8.07. The number of carboxylic acids is 1. The van der Waals surface area contributed by atoms with Gasteiger partial charge >= 0.3 is 5.97 Å². The highest BCUT2D eigenvalue weighted by atomic mass is 16.4. The molecule has 0 aromatic rings. The summed E-state index contributed by atoms with van der Waals surface area (Å²) in [6, 6.07) is -0.466. The number of carboxylic acid groups (broad SMARTS) is 1. The van der Waals surface area contributed by atoms with Crippen molar-refractivity contribution in [3.05, 3.63) is 0 Å². The molecule has 2 atom stereocenters. The van der Waals surface area contributed by atoms with Gasteiger partial charge < -0.3 is 5.11 Å². The van der Waals surface area contributed by atoms with Crippen molar-refractivity contribution in [2.45, 2.75) is 45.1 Å². The molecule has 74 valence electrons. The maximum Gasteiger partial charge on any atom is 0.328 e. The number of unbranched alkanes of at least 4 members (excludes halogenated alkanes) is 2. The molecule has 0 saturated heterocycles. The van der Waals surface area contributed by atoms with Gasteiger partial charge in [-0.3, -0.25) is 4.99 Å². The van der Waals surface area contributed by atoms with Crippen LogP contribution in [-0.2, 0) is 4.79 Å². The van der Waals surface area contributed by atoms with Crippen LogP contribution in [0.2, 0.25) is 0 Å². The summed E-state index contributed by atoms with van der Waals surface area (Å²) in [5, 5.41) is 8.69. The Morgan fingerprint density at radius 3 is 2.92 bits per heavy atom. The molecule has 13 heavy (non-hydrogen) atoms. The fourth-order valence-corrected chi connectivity index (χ4v) is 1.65. The van der Waals surface area contributed by atoms with Crippen LogP contribution in [0.1, 0.15) is 39.0 Å². The molecule has 2 unspecified atom stereocenters. The molecule has 0 aromatic carbocycles. The van der Waals surface area contributed by atoms with Gasteiger partial charge in [-0.25, -0.2) is 4.79 Å². The van der Waals surface area contributed by atoms with Crippen LogP contribution < -0.4 is 0 Å². The minimum atomic E-state index is -0.783. The number of aliphatic carboxylic acids is 1. The molecule has 3 nitrogen and oxygen atoms in total. The lowest BCUT2D eigenvalue weighted by molar-refractivity contribution is -0.138. The Bertz CT molecular complexity index is 201. The number of carbonyl (C=O) groups is 1. The summed E-state index contributed by atoms with van der Waals surface area (Å²) in [6.45, 7) is 2.17. The molecule has 1 N–H and O–H groups in total. The first-order valence-corrected chi connectivity index (χ1v) is 5.00. The maximum atomic E-state index is 10.6. The molecule has 0 amide bonds. The summed E-state index contributed by atoms with van der Waals surface area (Å²) >= 11 is 0. The summed E-state index contributed by atoms with van der Waals surface area (Å²) in [7, 11) is 0. The van der Waals surface area contributed by atoms with Crippen molar-refractivity contribution in [3.8, 4) is 0 Å². The van der Waals surface area contributed by atoms with Gasteiger partial charge in [0.2, 0.25) is 0 Å². The van der Waals surface area contributed by atoms with E-state index in [0.29, 0.717) is 12.3 Å². The number of hydrogen-bond acceptors (Lipinski definition) is 2. The minimum absolute atomic E-state index is 0.410. The van der Waals surface area contributed by atoms with Gasteiger partial charge in [0.05, 0.1) is 0 Å². The average molecular weight is 183 g/mol. The lowest BCUT2D eigenvalue weighted by Gasteiger charge is -2.06. The Morgan fingerprint density at radius 2 is 2.38 bits per heavy atom. The molecule has 0 radical (unpaired) electrons. The monoisotopic (exact) mass is 183 g/mol. The number of rotatable bonds is 5. The molecule has 0 aliphatic carbocycles. The van der Waals surface area contributed by atoms with Crippen molar-refractivity contribution in [1.29, 1.82) is 0 Å². The first-order chi connectivity index (χ1) is 6.24. The molecule has 1 aliphatic heterocycles. The Hall–Kier alpha value is -0.860. The molecule has 0 aromatic heterocycles. The molecule has 0 spiro atoms. The lowest BCUT2D eigenvalue weighted by atomic mass is 9.98. The van der Waals surface area contributed by atoms with Gasteiger partial charge in [0.25, 0.3) is 0 Å². The smallest absolute Gasteiger partial charge is 0.328 e. The van der Waals surface area contributed by atoms with E-state index >= 15 is 0 Å². The van der Waals surface area contributed by atoms with Crippen molar-refractivity contribution in [2.75, 3.05) is 0 Å². The van der Waals surface area contributed by atoms with E-state index in [2.05, 4.69) is 11.9 Å². The molecule has 1 heterocycles. The van der Waals surface area contributed by atoms with Gasteiger partial charge in [0, 0.05) is 6.21 Å². The van der Waals surface area contributed by atoms with Gasteiger partial charge in [-0.05, 0) is 18.8 Å². The normalized spacial score (nSPS) is 26.5. The third kappa shape index (κ3) is 3.17. The molecule has 3 heteroatoms. The van der Waals surface area contributed by atoms with Gasteiger partial charge in [-0.15, -0.1) is 0 Å². The van der Waals surface area contributed by atoms with Gasteiger partial charge in [-0.1, -0.05) is 26.2 Å². The van der Waals surface area contributed by atoms with E-state index < -0.39 is 12.0 Å². The van der Waals surface area contributed by atoms with Crippen molar-refractivity contribution in [2.24, 2.45) is 10.9 Å². The van der Waals surface area contributed by atoms with Crippen LogP contribution in [0.4, 0.5) is 0 Å². The second-order valence-electron chi connectivity index (χ2n) is 3.64. The van der Waals surface area contributed by atoms with Gasteiger partial charge in [0.1, 0.15) is 6.04 Å². The van der Waals surface area contributed by atoms with Crippen molar-refractivity contribution in [1.82, 2.24) is 0 Å². The van der Waals surface area contributed by atoms with Crippen molar-refractivity contribution < 1.29 is 9.90 Å². The molecular formula is C10H17NO2. The van der Waals surface area contributed by atoms with Gasteiger partial charge in [0.15, 0.2) is 0 Å². The Kier molecular flexibility index (Phi) is 3.93.